The number of aromatic nitrogens is 2. The molecule has 4 rings (SSSR count). The Morgan fingerprint density at radius 3 is 2.67 bits per heavy atom. The molecule has 1 N–H and O–H groups in total. The van der Waals surface area contributed by atoms with E-state index in [1.165, 1.54) is 0 Å². The highest BCUT2D eigenvalue weighted by atomic mass is 19.4. The first-order valence-corrected chi connectivity index (χ1v) is 9.33. The molecular weight excluding hydrogens is 403 g/mol. The lowest BCUT2D eigenvalue weighted by atomic mass is 10.1. The molecule has 3 heterocycles. The van der Waals surface area contributed by atoms with Crippen LogP contribution in [0.3, 0.4) is 0 Å². The molecule has 1 aromatic heterocycles. The molecule has 0 atom stereocenters. The summed E-state index contributed by atoms with van der Waals surface area (Å²) in [5, 5.41) is 2.82. The van der Waals surface area contributed by atoms with Crippen LogP contribution in [0.2, 0.25) is 0 Å². The maximum atomic E-state index is 12.8. The maximum Gasteiger partial charge on any atom is 0.433 e. The summed E-state index contributed by atoms with van der Waals surface area (Å²) >= 11 is 0. The van der Waals surface area contributed by atoms with E-state index < -0.39 is 11.9 Å². The standard InChI is InChI=1S/C19H20F3N5O3/c1-26(10-18(28)25-12-2-3-14-15(6-12)30-5-4-29-14)13-8-27(9-13)17-7-16(19(20,21)22)23-11-24-17/h2-3,6-7,11,13H,4-5,8-10H2,1H3,(H,25,28). The summed E-state index contributed by atoms with van der Waals surface area (Å²) in [4.78, 5) is 23.1. The Morgan fingerprint density at radius 1 is 1.20 bits per heavy atom. The van der Waals surface area contributed by atoms with Crippen LogP contribution in [-0.2, 0) is 11.0 Å². The van der Waals surface area contributed by atoms with Crippen LogP contribution in [0.5, 0.6) is 11.5 Å². The fraction of sp³-hybridized carbons (Fsp3) is 0.421. The summed E-state index contributed by atoms with van der Waals surface area (Å²) in [5.74, 6) is 1.26. The molecule has 1 fully saturated rings. The number of nitrogens with zero attached hydrogens (tertiary/aromatic N) is 4. The quantitative estimate of drug-likeness (QED) is 0.788. The van der Waals surface area contributed by atoms with Gasteiger partial charge in [-0.2, -0.15) is 13.2 Å². The van der Waals surface area contributed by atoms with Gasteiger partial charge in [0.1, 0.15) is 31.1 Å². The molecule has 1 aromatic carbocycles. The van der Waals surface area contributed by atoms with Crippen LogP contribution in [0.15, 0.2) is 30.6 Å². The van der Waals surface area contributed by atoms with Crippen molar-refractivity contribution in [2.75, 3.05) is 50.1 Å². The Labute approximate surface area is 170 Å². The van der Waals surface area contributed by atoms with Crippen molar-refractivity contribution >= 4 is 17.4 Å². The number of rotatable bonds is 5. The molecule has 0 bridgehead atoms. The molecule has 2 aliphatic rings. The number of hydrogen-bond acceptors (Lipinski definition) is 7. The van der Waals surface area contributed by atoms with Crippen molar-refractivity contribution in [1.82, 2.24) is 14.9 Å². The van der Waals surface area contributed by atoms with Gasteiger partial charge in [-0.05, 0) is 19.2 Å². The van der Waals surface area contributed by atoms with Gasteiger partial charge in [0.25, 0.3) is 0 Å². The molecule has 2 aromatic rings. The number of alkyl halides is 3. The molecule has 1 saturated heterocycles. The number of fused-ring (bicyclic) bond motifs is 1. The molecule has 160 valence electrons. The third-order valence-electron chi connectivity index (χ3n) is 4.97. The Morgan fingerprint density at radius 2 is 1.93 bits per heavy atom. The summed E-state index contributed by atoms with van der Waals surface area (Å²) in [7, 11) is 1.80. The van der Waals surface area contributed by atoms with Gasteiger partial charge in [-0.1, -0.05) is 0 Å². The predicted octanol–water partition coefficient (Wildman–Crippen LogP) is 2.03. The SMILES string of the molecule is CN(CC(=O)Nc1ccc2c(c1)OCCO2)C1CN(c2cc(C(F)(F)F)ncn2)C1. The molecule has 0 spiro atoms. The van der Waals surface area contributed by atoms with E-state index in [0.717, 1.165) is 12.4 Å². The maximum absolute atomic E-state index is 12.8. The molecule has 2 aliphatic heterocycles. The van der Waals surface area contributed by atoms with E-state index in [-0.39, 0.29) is 24.3 Å². The van der Waals surface area contributed by atoms with Gasteiger partial charge in [0.15, 0.2) is 11.5 Å². The van der Waals surface area contributed by atoms with Gasteiger partial charge in [-0.15, -0.1) is 0 Å². The highest BCUT2D eigenvalue weighted by Crippen LogP contribution is 2.33. The summed E-state index contributed by atoms with van der Waals surface area (Å²) in [6.07, 6.45) is -3.60. The lowest BCUT2D eigenvalue weighted by Gasteiger charge is -2.44. The summed E-state index contributed by atoms with van der Waals surface area (Å²) in [6, 6.07) is 6.16. The molecule has 30 heavy (non-hydrogen) atoms. The lowest BCUT2D eigenvalue weighted by molar-refractivity contribution is -0.141. The van der Waals surface area contributed by atoms with Crippen molar-refractivity contribution in [3.63, 3.8) is 0 Å². The van der Waals surface area contributed by atoms with Gasteiger partial charge in [0, 0.05) is 37.0 Å². The second-order valence-electron chi connectivity index (χ2n) is 7.14. The minimum Gasteiger partial charge on any atom is -0.486 e. The van der Waals surface area contributed by atoms with Gasteiger partial charge in [-0.25, -0.2) is 9.97 Å². The Bertz CT molecular complexity index is 934. The van der Waals surface area contributed by atoms with E-state index in [2.05, 4.69) is 15.3 Å². The van der Waals surface area contributed by atoms with Gasteiger partial charge < -0.3 is 19.7 Å². The molecule has 0 radical (unpaired) electrons. The van der Waals surface area contributed by atoms with E-state index in [1.54, 1.807) is 30.1 Å². The number of benzene rings is 1. The molecule has 0 unspecified atom stereocenters. The average molecular weight is 423 g/mol. The smallest absolute Gasteiger partial charge is 0.433 e. The Hall–Kier alpha value is -3.08. The molecule has 11 heteroatoms. The van der Waals surface area contributed by atoms with Crippen LogP contribution in [0.4, 0.5) is 24.7 Å². The van der Waals surface area contributed by atoms with Crippen LogP contribution in [-0.4, -0.2) is 66.7 Å². The zero-order valence-electron chi connectivity index (χ0n) is 16.1. The van der Waals surface area contributed by atoms with Crippen molar-refractivity contribution in [3.05, 3.63) is 36.3 Å². The van der Waals surface area contributed by atoms with Crippen LogP contribution < -0.4 is 19.7 Å². The predicted molar refractivity (Wildman–Crippen MR) is 102 cm³/mol. The van der Waals surface area contributed by atoms with E-state index >= 15 is 0 Å². The molecular formula is C19H20F3N5O3. The van der Waals surface area contributed by atoms with E-state index in [9.17, 15) is 18.0 Å². The van der Waals surface area contributed by atoms with Crippen LogP contribution in [0.25, 0.3) is 0 Å². The van der Waals surface area contributed by atoms with E-state index in [1.807, 2.05) is 4.90 Å². The molecule has 0 aliphatic carbocycles. The number of amides is 1. The van der Waals surface area contributed by atoms with Crippen molar-refractivity contribution in [2.45, 2.75) is 12.2 Å². The molecule has 8 nitrogen and oxygen atoms in total. The van der Waals surface area contributed by atoms with E-state index in [4.69, 9.17) is 9.47 Å². The second kappa shape index (κ2) is 7.98. The largest absolute Gasteiger partial charge is 0.486 e. The van der Waals surface area contributed by atoms with Crippen molar-refractivity contribution in [2.24, 2.45) is 0 Å². The Balaban J connectivity index is 1.28. The summed E-state index contributed by atoms with van der Waals surface area (Å²) in [6.45, 7) is 2.05. The monoisotopic (exact) mass is 423 g/mol. The number of anilines is 2. The first kappa shape index (κ1) is 20.2. The minimum absolute atomic E-state index is 0.0281. The highest BCUT2D eigenvalue weighted by molar-refractivity contribution is 5.92. The topological polar surface area (TPSA) is 79.8 Å². The Kier molecular flexibility index (Phi) is 5.37. The van der Waals surface area contributed by atoms with E-state index in [0.29, 0.717) is 43.5 Å². The zero-order chi connectivity index (χ0) is 21.3. The lowest BCUT2D eigenvalue weighted by Crippen LogP contribution is -2.59. The van der Waals surface area contributed by atoms with Crippen LogP contribution in [0.1, 0.15) is 5.69 Å². The first-order valence-electron chi connectivity index (χ1n) is 9.33. The van der Waals surface area contributed by atoms with Crippen molar-refractivity contribution in [3.8, 4) is 11.5 Å². The third kappa shape index (κ3) is 4.40. The number of ether oxygens (including phenoxy) is 2. The summed E-state index contributed by atoms with van der Waals surface area (Å²) < 4.78 is 49.3. The number of carbonyl (C=O) groups excluding carboxylic acids is 1. The number of halogens is 3. The van der Waals surface area contributed by atoms with Crippen molar-refractivity contribution in [1.29, 1.82) is 0 Å². The van der Waals surface area contributed by atoms with Crippen molar-refractivity contribution < 1.29 is 27.4 Å². The molecule has 0 saturated carbocycles. The normalized spacial score (nSPS) is 16.4. The second-order valence-corrected chi connectivity index (χ2v) is 7.14. The van der Waals surface area contributed by atoms with Gasteiger partial charge in [0.2, 0.25) is 5.91 Å². The first-order chi connectivity index (χ1) is 14.3. The highest BCUT2D eigenvalue weighted by Gasteiger charge is 2.36. The fourth-order valence-electron chi connectivity index (χ4n) is 3.27. The number of likely N-dealkylation sites (N-methyl/N-ethyl adjacent to an activating group) is 1. The average Bonchev–Trinajstić information content (AvgIpc) is 2.66. The van der Waals surface area contributed by atoms with Gasteiger partial charge in [-0.3, -0.25) is 9.69 Å². The number of nitrogens with one attached hydrogen (secondary N) is 1. The van der Waals surface area contributed by atoms with Crippen LogP contribution >= 0.6 is 0 Å². The van der Waals surface area contributed by atoms with Crippen LogP contribution in [0, 0.1) is 0 Å². The number of hydrogen-bond donors (Lipinski definition) is 1. The summed E-state index contributed by atoms with van der Waals surface area (Å²) in [5.41, 5.74) is -0.364. The fourth-order valence-corrected chi connectivity index (χ4v) is 3.27. The zero-order valence-corrected chi connectivity index (χ0v) is 16.1. The van der Waals surface area contributed by atoms with Gasteiger partial charge in [0.05, 0.1) is 6.54 Å². The number of carbonyl (C=O) groups is 1. The minimum atomic E-state index is -4.51. The third-order valence-corrected chi connectivity index (χ3v) is 4.97. The molecule has 1 amide bonds. The van der Waals surface area contributed by atoms with Gasteiger partial charge >= 0.3 is 6.18 Å².